The van der Waals surface area contributed by atoms with Crippen LogP contribution in [0.1, 0.15) is 23.5 Å². The third-order valence-electron chi connectivity index (χ3n) is 4.24. The molecule has 22 heavy (non-hydrogen) atoms. The van der Waals surface area contributed by atoms with E-state index in [2.05, 4.69) is 12.1 Å². The molecule has 112 valence electrons. The minimum absolute atomic E-state index is 0.125. The molecule has 0 spiro atoms. The molecular weight excluding hydrogens is 272 g/mol. The third kappa shape index (κ3) is 2.70. The highest BCUT2D eigenvalue weighted by Crippen LogP contribution is 2.44. The topological polar surface area (TPSA) is 29.5 Å². The number of benzene rings is 2. The van der Waals surface area contributed by atoms with Crippen molar-refractivity contribution < 1.29 is 9.84 Å². The van der Waals surface area contributed by atoms with E-state index in [-0.39, 0.29) is 5.92 Å². The maximum Gasteiger partial charge on any atom is 0.107 e. The predicted octanol–water partition coefficient (Wildman–Crippen LogP) is 4.15. The molecule has 0 bridgehead atoms. The first-order valence-corrected chi connectivity index (χ1v) is 7.48. The third-order valence-corrected chi connectivity index (χ3v) is 4.24. The summed E-state index contributed by atoms with van der Waals surface area (Å²) in [6.45, 7) is 0. The molecule has 2 nitrogen and oxygen atoms in total. The van der Waals surface area contributed by atoms with Gasteiger partial charge >= 0.3 is 0 Å². The summed E-state index contributed by atoms with van der Waals surface area (Å²) < 4.78 is 5.42. The minimum Gasteiger partial charge on any atom is -0.501 e. The second-order valence-corrected chi connectivity index (χ2v) is 5.58. The summed E-state index contributed by atoms with van der Waals surface area (Å²) in [5.74, 6) is 0.654. The lowest BCUT2D eigenvalue weighted by Crippen LogP contribution is -2.33. The molecule has 2 aromatic rings. The molecule has 1 N–H and O–H groups in total. The van der Waals surface area contributed by atoms with E-state index in [1.165, 1.54) is 0 Å². The highest BCUT2D eigenvalue weighted by molar-refractivity contribution is 5.38. The zero-order valence-corrected chi connectivity index (χ0v) is 12.6. The molecule has 0 amide bonds. The monoisotopic (exact) mass is 292 g/mol. The van der Waals surface area contributed by atoms with Gasteiger partial charge in [0.1, 0.15) is 5.60 Å². The number of aliphatic hydroxyl groups is 1. The smallest absolute Gasteiger partial charge is 0.107 e. The molecule has 0 aromatic heterocycles. The lowest BCUT2D eigenvalue weighted by atomic mass is 9.75. The van der Waals surface area contributed by atoms with Crippen molar-refractivity contribution in [3.8, 4) is 0 Å². The summed E-state index contributed by atoms with van der Waals surface area (Å²) in [6, 6.07) is 19.9. The average molecular weight is 292 g/mol. The van der Waals surface area contributed by atoms with Crippen molar-refractivity contribution in [2.24, 2.45) is 0 Å². The molecule has 3 rings (SSSR count). The van der Waals surface area contributed by atoms with Crippen molar-refractivity contribution in [3.05, 3.63) is 95.8 Å². The van der Waals surface area contributed by atoms with Gasteiger partial charge < -0.3 is 9.84 Å². The van der Waals surface area contributed by atoms with Gasteiger partial charge in [-0.15, -0.1) is 0 Å². The summed E-state index contributed by atoms with van der Waals surface area (Å²) in [6.07, 6.45) is 6.39. The first-order chi connectivity index (χ1) is 10.7. The van der Waals surface area contributed by atoms with E-state index in [4.69, 9.17) is 4.74 Å². The fraction of sp³-hybridized carbons (Fsp3) is 0.200. The van der Waals surface area contributed by atoms with Crippen LogP contribution in [0.15, 0.2) is 84.7 Å². The van der Waals surface area contributed by atoms with Gasteiger partial charge in [0.2, 0.25) is 0 Å². The van der Waals surface area contributed by atoms with Gasteiger partial charge in [-0.2, -0.15) is 0 Å². The number of rotatable bonds is 3. The van der Waals surface area contributed by atoms with Gasteiger partial charge in [0.05, 0.1) is 12.9 Å². The van der Waals surface area contributed by atoms with Crippen LogP contribution in [0.4, 0.5) is 0 Å². The van der Waals surface area contributed by atoms with Crippen LogP contribution in [0.2, 0.25) is 0 Å². The van der Waals surface area contributed by atoms with E-state index in [1.807, 2.05) is 66.8 Å². The summed E-state index contributed by atoms with van der Waals surface area (Å²) in [5.41, 5.74) is 0.964. The van der Waals surface area contributed by atoms with E-state index >= 15 is 0 Å². The summed E-state index contributed by atoms with van der Waals surface area (Å²) in [5, 5.41) is 11.6. The fourth-order valence-electron chi connectivity index (χ4n) is 3.06. The second-order valence-electron chi connectivity index (χ2n) is 5.58. The maximum atomic E-state index is 11.6. The van der Waals surface area contributed by atoms with Crippen LogP contribution in [0.25, 0.3) is 0 Å². The summed E-state index contributed by atoms with van der Waals surface area (Å²) in [7, 11) is 1.65. The first kappa shape index (κ1) is 14.6. The highest BCUT2D eigenvalue weighted by Gasteiger charge is 2.39. The Labute approximate surface area is 131 Å². The molecule has 1 aliphatic carbocycles. The van der Waals surface area contributed by atoms with Gasteiger partial charge in [-0.25, -0.2) is 0 Å². The van der Waals surface area contributed by atoms with Gasteiger partial charge in [-0.3, -0.25) is 0 Å². The number of methoxy groups -OCH3 is 1. The normalized spacial score (nSPS) is 24.5. The molecule has 2 heteroatoms. The molecular formula is C20H20O2. The zero-order valence-electron chi connectivity index (χ0n) is 12.6. The Kier molecular flexibility index (Phi) is 4.12. The SMILES string of the molecule is COC1=CC=C[C@@H](c2ccccc2)[C@@](O)(c2ccccc2)C1. The minimum atomic E-state index is -1.03. The molecule has 0 saturated carbocycles. The quantitative estimate of drug-likeness (QED) is 0.921. The van der Waals surface area contributed by atoms with E-state index in [0.717, 1.165) is 16.9 Å². The van der Waals surface area contributed by atoms with Crippen LogP contribution in [0.5, 0.6) is 0 Å². The standard InChI is InChI=1S/C20H20O2/c1-22-18-13-8-14-19(16-9-4-2-5-10-16)20(21,15-18)17-11-6-3-7-12-17/h2-14,19,21H,15H2,1H3/t19-,20-/m0/s1. The van der Waals surface area contributed by atoms with Crippen molar-refractivity contribution in [1.29, 1.82) is 0 Å². The molecule has 0 unspecified atom stereocenters. The van der Waals surface area contributed by atoms with Gasteiger partial charge in [0, 0.05) is 12.3 Å². The van der Waals surface area contributed by atoms with Gasteiger partial charge in [-0.1, -0.05) is 72.8 Å². The molecule has 2 atom stereocenters. The Bertz CT molecular complexity index is 673. The van der Waals surface area contributed by atoms with Crippen molar-refractivity contribution in [3.63, 3.8) is 0 Å². The molecule has 0 saturated heterocycles. The van der Waals surface area contributed by atoms with Crippen LogP contribution < -0.4 is 0 Å². The fourth-order valence-corrected chi connectivity index (χ4v) is 3.06. The number of hydrogen-bond acceptors (Lipinski definition) is 2. The van der Waals surface area contributed by atoms with E-state index < -0.39 is 5.60 Å². The van der Waals surface area contributed by atoms with E-state index in [0.29, 0.717) is 6.42 Å². The Morgan fingerprint density at radius 1 is 1.00 bits per heavy atom. The van der Waals surface area contributed by atoms with E-state index in [1.54, 1.807) is 7.11 Å². The van der Waals surface area contributed by atoms with Crippen molar-refractivity contribution >= 4 is 0 Å². The van der Waals surface area contributed by atoms with Crippen molar-refractivity contribution in [2.45, 2.75) is 17.9 Å². The van der Waals surface area contributed by atoms with Gasteiger partial charge in [0.25, 0.3) is 0 Å². The first-order valence-electron chi connectivity index (χ1n) is 7.48. The number of ether oxygens (including phenoxy) is 1. The van der Waals surface area contributed by atoms with Crippen LogP contribution in [0.3, 0.4) is 0 Å². The Morgan fingerprint density at radius 3 is 2.27 bits per heavy atom. The van der Waals surface area contributed by atoms with Crippen molar-refractivity contribution in [1.82, 2.24) is 0 Å². The largest absolute Gasteiger partial charge is 0.501 e. The highest BCUT2D eigenvalue weighted by atomic mass is 16.5. The zero-order chi connectivity index (χ0) is 15.4. The molecule has 0 radical (unpaired) electrons. The molecule has 2 aromatic carbocycles. The molecule has 0 fully saturated rings. The van der Waals surface area contributed by atoms with Gasteiger partial charge in [-0.05, 0) is 17.2 Å². The second kappa shape index (κ2) is 6.20. The molecule has 0 heterocycles. The summed E-state index contributed by atoms with van der Waals surface area (Å²) >= 11 is 0. The average Bonchev–Trinajstić information content (AvgIpc) is 2.76. The van der Waals surface area contributed by atoms with Crippen LogP contribution >= 0.6 is 0 Å². The lowest BCUT2D eigenvalue weighted by molar-refractivity contribution is 0.0100. The van der Waals surface area contributed by atoms with Crippen molar-refractivity contribution in [2.75, 3.05) is 7.11 Å². The van der Waals surface area contributed by atoms with Gasteiger partial charge in [0.15, 0.2) is 0 Å². The van der Waals surface area contributed by atoms with Crippen LogP contribution in [-0.2, 0) is 10.3 Å². The number of hydrogen-bond donors (Lipinski definition) is 1. The predicted molar refractivity (Wildman–Crippen MR) is 88.4 cm³/mol. The molecule has 0 aliphatic heterocycles. The number of allylic oxidation sites excluding steroid dienone is 2. The maximum absolute atomic E-state index is 11.6. The Hall–Kier alpha value is -2.32. The van der Waals surface area contributed by atoms with E-state index in [9.17, 15) is 5.11 Å². The van der Waals surface area contributed by atoms with Crippen LogP contribution in [0, 0.1) is 0 Å². The Balaban J connectivity index is 2.11. The molecule has 1 aliphatic rings. The lowest BCUT2D eigenvalue weighted by Gasteiger charge is -2.35. The summed E-state index contributed by atoms with van der Waals surface area (Å²) in [4.78, 5) is 0. The Morgan fingerprint density at radius 2 is 1.64 bits per heavy atom. The van der Waals surface area contributed by atoms with Crippen LogP contribution in [-0.4, -0.2) is 12.2 Å².